The number of rotatable bonds is 4. The molecule has 3 nitrogen and oxygen atoms in total. The van der Waals surface area contributed by atoms with Gasteiger partial charge in [0.1, 0.15) is 0 Å². The van der Waals surface area contributed by atoms with Crippen LogP contribution in [0.4, 0.5) is 0 Å². The van der Waals surface area contributed by atoms with Gasteiger partial charge in [-0.3, -0.25) is 4.79 Å². The fourth-order valence-corrected chi connectivity index (χ4v) is 3.31. The molecule has 1 aromatic rings. The van der Waals surface area contributed by atoms with Gasteiger partial charge in [-0.25, -0.2) is 0 Å². The van der Waals surface area contributed by atoms with Crippen molar-refractivity contribution in [3.05, 3.63) is 34.9 Å². The summed E-state index contributed by atoms with van der Waals surface area (Å²) in [5.74, 6) is 0.0760. The van der Waals surface area contributed by atoms with Crippen molar-refractivity contribution in [3.63, 3.8) is 0 Å². The Bertz CT molecular complexity index is 469. The van der Waals surface area contributed by atoms with Gasteiger partial charge in [0.25, 0.3) is 0 Å². The van der Waals surface area contributed by atoms with E-state index < -0.39 is 0 Å². The Balaban J connectivity index is 2.08. The third kappa shape index (κ3) is 3.15. The first-order chi connectivity index (χ1) is 9.59. The zero-order chi connectivity index (χ0) is 14.6. The Morgan fingerprint density at radius 1 is 1.35 bits per heavy atom. The molecule has 20 heavy (non-hydrogen) atoms. The summed E-state index contributed by atoms with van der Waals surface area (Å²) in [5.41, 5.74) is 6.46. The van der Waals surface area contributed by atoms with Crippen molar-refractivity contribution in [3.8, 4) is 0 Å². The maximum Gasteiger partial charge on any atom is 0.227 e. The molecule has 0 unspecified atom stereocenters. The topological polar surface area (TPSA) is 55.1 Å². The number of nitrogens with two attached hydrogens (primary N) is 1. The smallest absolute Gasteiger partial charge is 0.227 e. The van der Waals surface area contributed by atoms with Gasteiger partial charge >= 0.3 is 0 Å². The first-order valence-electron chi connectivity index (χ1n) is 7.34. The molecule has 0 aliphatic heterocycles. The predicted molar refractivity (Wildman–Crippen MR) is 82.6 cm³/mol. The van der Waals surface area contributed by atoms with Gasteiger partial charge in [-0.05, 0) is 31.4 Å². The zero-order valence-electron chi connectivity index (χ0n) is 12.0. The Labute approximate surface area is 125 Å². The molecule has 0 spiro atoms. The van der Waals surface area contributed by atoms with E-state index in [1.807, 2.05) is 31.2 Å². The average molecular weight is 295 g/mol. The Morgan fingerprint density at radius 3 is 2.60 bits per heavy atom. The van der Waals surface area contributed by atoms with Crippen LogP contribution in [-0.2, 0) is 4.79 Å². The van der Waals surface area contributed by atoms with E-state index in [-0.39, 0.29) is 17.4 Å². The molecule has 1 aromatic carbocycles. The van der Waals surface area contributed by atoms with Gasteiger partial charge in [-0.1, -0.05) is 49.1 Å². The largest absolute Gasteiger partial charge is 0.349 e. The van der Waals surface area contributed by atoms with Crippen molar-refractivity contribution in [2.75, 3.05) is 6.54 Å². The molecule has 3 N–H and O–H groups in total. The van der Waals surface area contributed by atoms with Crippen molar-refractivity contribution >= 4 is 17.5 Å². The molecule has 1 atom stereocenters. The van der Waals surface area contributed by atoms with E-state index in [1.165, 1.54) is 6.42 Å². The van der Waals surface area contributed by atoms with Crippen LogP contribution >= 0.6 is 11.6 Å². The SMILES string of the molecule is C[C@H](NC(=O)C1(CN)CCCCC1)c1ccccc1Cl. The number of carbonyl (C=O) groups excluding carboxylic acids is 1. The number of halogens is 1. The van der Waals surface area contributed by atoms with Gasteiger partial charge < -0.3 is 11.1 Å². The number of hydrogen-bond donors (Lipinski definition) is 2. The first-order valence-corrected chi connectivity index (χ1v) is 7.72. The van der Waals surface area contributed by atoms with E-state index in [9.17, 15) is 4.79 Å². The van der Waals surface area contributed by atoms with E-state index in [1.54, 1.807) is 0 Å². The summed E-state index contributed by atoms with van der Waals surface area (Å²) >= 11 is 6.18. The van der Waals surface area contributed by atoms with Crippen LogP contribution in [0.25, 0.3) is 0 Å². The molecule has 2 rings (SSSR count). The van der Waals surface area contributed by atoms with Gasteiger partial charge in [0.15, 0.2) is 0 Å². The van der Waals surface area contributed by atoms with Crippen molar-refractivity contribution < 1.29 is 4.79 Å². The van der Waals surface area contributed by atoms with Crippen molar-refractivity contribution in [1.29, 1.82) is 0 Å². The molecule has 0 heterocycles. The highest BCUT2D eigenvalue weighted by Gasteiger charge is 2.38. The lowest BCUT2D eigenvalue weighted by molar-refractivity contribution is -0.133. The second-order valence-corrected chi connectivity index (χ2v) is 6.17. The fraction of sp³-hybridized carbons (Fsp3) is 0.562. The third-order valence-electron chi connectivity index (χ3n) is 4.40. The zero-order valence-corrected chi connectivity index (χ0v) is 12.7. The minimum Gasteiger partial charge on any atom is -0.349 e. The van der Waals surface area contributed by atoms with Gasteiger partial charge in [0.2, 0.25) is 5.91 Å². The molecule has 1 fully saturated rings. The minimum atomic E-state index is -0.381. The van der Waals surface area contributed by atoms with E-state index >= 15 is 0 Å². The first kappa shape index (κ1) is 15.3. The highest BCUT2D eigenvalue weighted by molar-refractivity contribution is 6.31. The molecular weight excluding hydrogens is 272 g/mol. The summed E-state index contributed by atoms with van der Waals surface area (Å²) in [6.07, 6.45) is 5.17. The van der Waals surface area contributed by atoms with Crippen LogP contribution < -0.4 is 11.1 Å². The molecule has 1 aliphatic rings. The van der Waals surface area contributed by atoms with Gasteiger partial charge in [-0.15, -0.1) is 0 Å². The second-order valence-electron chi connectivity index (χ2n) is 5.76. The molecule has 4 heteroatoms. The maximum absolute atomic E-state index is 12.6. The second kappa shape index (κ2) is 6.59. The number of benzene rings is 1. The van der Waals surface area contributed by atoms with Crippen LogP contribution in [-0.4, -0.2) is 12.5 Å². The lowest BCUT2D eigenvalue weighted by Gasteiger charge is -2.35. The molecule has 1 saturated carbocycles. The molecule has 1 aliphatic carbocycles. The number of carbonyl (C=O) groups is 1. The summed E-state index contributed by atoms with van der Waals surface area (Å²) in [6, 6.07) is 7.52. The maximum atomic E-state index is 12.6. The Morgan fingerprint density at radius 2 is 2.00 bits per heavy atom. The monoisotopic (exact) mass is 294 g/mol. The van der Waals surface area contributed by atoms with E-state index in [0.717, 1.165) is 31.2 Å². The van der Waals surface area contributed by atoms with Crippen LogP contribution in [0.15, 0.2) is 24.3 Å². The molecule has 0 aromatic heterocycles. The van der Waals surface area contributed by atoms with E-state index in [0.29, 0.717) is 11.6 Å². The van der Waals surface area contributed by atoms with Crippen LogP contribution in [0.5, 0.6) is 0 Å². The van der Waals surface area contributed by atoms with Crippen LogP contribution in [0.3, 0.4) is 0 Å². The van der Waals surface area contributed by atoms with Crippen LogP contribution in [0.2, 0.25) is 5.02 Å². The molecule has 1 amide bonds. The lowest BCUT2D eigenvalue weighted by Crippen LogP contribution is -2.47. The predicted octanol–water partition coefficient (Wildman–Crippen LogP) is 3.43. The van der Waals surface area contributed by atoms with Crippen LogP contribution in [0, 0.1) is 5.41 Å². The van der Waals surface area contributed by atoms with E-state index in [2.05, 4.69) is 5.32 Å². The number of hydrogen-bond acceptors (Lipinski definition) is 2. The highest BCUT2D eigenvalue weighted by Crippen LogP contribution is 2.36. The molecule has 0 radical (unpaired) electrons. The molecule has 0 bridgehead atoms. The number of nitrogens with one attached hydrogen (secondary N) is 1. The molecular formula is C16H23ClN2O. The average Bonchev–Trinajstić information content (AvgIpc) is 2.48. The third-order valence-corrected chi connectivity index (χ3v) is 4.75. The summed E-state index contributed by atoms with van der Waals surface area (Å²) in [4.78, 5) is 12.6. The summed E-state index contributed by atoms with van der Waals surface area (Å²) in [5, 5.41) is 3.78. The summed E-state index contributed by atoms with van der Waals surface area (Å²) in [6.45, 7) is 2.39. The molecule has 110 valence electrons. The molecule has 0 saturated heterocycles. The Hall–Kier alpha value is -1.06. The van der Waals surface area contributed by atoms with Gasteiger partial charge in [-0.2, -0.15) is 0 Å². The normalized spacial score (nSPS) is 19.4. The summed E-state index contributed by atoms with van der Waals surface area (Å²) < 4.78 is 0. The standard InChI is InChI=1S/C16H23ClN2O/c1-12(13-7-3-4-8-14(13)17)19-15(20)16(11-18)9-5-2-6-10-16/h3-4,7-8,12H,2,5-6,9-11,18H2,1H3,(H,19,20)/t12-/m0/s1. The van der Waals surface area contributed by atoms with Crippen LogP contribution in [0.1, 0.15) is 50.6 Å². The number of amides is 1. The quantitative estimate of drug-likeness (QED) is 0.894. The van der Waals surface area contributed by atoms with Crippen molar-refractivity contribution in [2.45, 2.75) is 45.1 Å². The highest BCUT2D eigenvalue weighted by atomic mass is 35.5. The van der Waals surface area contributed by atoms with Crippen molar-refractivity contribution in [2.24, 2.45) is 11.1 Å². The minimum absolute atomic E-state index is 0.0760. The fourth-order valence-electron chi connectivity index (χ4n) is 3.01. The summed E-state index contributed by atoms with van der Waals surface area (Å²) in [7, 11) is 0. The van der Waals surface area contributed by atoms with E-state index in [4.69, 9.17) is 17.3 Å². The Kier molecular flexibility index (Phi) is 5.06. The van der Waals surface area contributed by atoms with Gasteiger partial charge in [0, 0.05) is 11.6 Å². The van der Waals surface area contributed by atoms with Crippen molar-refractivity contribution in [1.82, 2.24) is 5.32 Å². The lowest BCUT2D eigenvalue weighted by atomic mass is 9.73. The van der Waals surface area contributed by atoms with Gasteiger partial charge in [0.05, 0.1) is 11.5 Å².